The molecule has 150 valence electrons. The molecule has 0 atom stereocenters. The summed E-state index contributed by atoms with van der Waals surface area (Å²) in [4.78, 5) is 30.4. The Kier molecular flexibility index (Phi) is 5.13. The van der Waals surface area contributed by atoms with E-state index in [-0.39, 0.29) is 17.9 Å². The molecule has 3 aromatic carbocycles. The van der Waals surface area contributed by atoms with Crippen LogP contribution in [0, 0.1) is 10.1 Å². The van der Waals surface area contributed by atoms with Crippen LogP contribution in [0.3, 0.4) is 0 Å². The van der Waals surface area contributed by atoms with Gasteiger partial charge in [0.05, 0.1) is 28.5 Å². The number of hydrogen-bond donors (Lipinski definition) is 1. The fraction of sp³-hybridized carbons (Fsp3) is 0.0909. The Balaban J connectivity index is 1.70. The molecular formula is C22H17N3O5. The van der Waals surface area contributed by atoms with E-state index < -0.39 is 4.92 Å². The van der Waals surface area contributed by atoms with Gasteiger partial charge in [-0.3, -0.25) is 14.9 Å². The van der Waals surface area contributed by atoms with Crippen LogP contribution in [0.15, 0.2) is 71.5 Å². The molecule has 0 spiro atoms. The summed E-state index contributed by atoms with van der Waals surface area (Å²) in [5.74, 6) is 1.22. The van der Waals surface area contributed by atoms with E-state index in [1.807, 2.05) is 6.07 Å². The second-order valence-electron chi connectivity index (χ2n) is 6.47. The average Bonchev–Trinajstić information content (AvgIpc) is 2.77. The fourth-order valence-corrected chi connectivity index (χ4v) is 3.13. The number of benzene rings is 3. The molecule has 4 rings (SSSR count). The van der Waals surface area contributed by atoms with Crippen molar-refractivity contribution in [1.82, 2.24) is 9.97 Å². The Morgan fingerprint density at radius 2 is 1.80 bits per heavy atom. The number of aromatic amines is 1. The molecule has 0 fully saturated rings. The van der Waals surface area contributed by atoms with Crippen molar-refractivity contribution in [3.63, 3.8) is 0 Å². The van der Waals surface area contributed by atoms with E-state index in [0.29, 0.717) is 39.4 Å². The standard InChI is InChI=1S/C22H17N3O5/c1-29-19-11-10-14(21-23-17-8-4-3-7-16(17)22(26)24-21)12-20(19)30-13-15-6-2-5-9-18(15)25(27)28/h2-12H,13H2,1H3,(H,23,24,26). The fourth-order valence-electron chi connectivity index (χ4n) is 3.13. The molecule has 0 radical (unpaired) electrons. The summed E-state index contributed by atoms with van der Waals surface area (Å²) in [5.41, 5.74) is 1.37. The number of nitrogens with zero attached hydrogens (tertiary/aromatic N) is 2. The minimum atomic E-state index is -0.448. The minimum absolute atomic E-state index is 0.0152. The zero-order valence-corrected chi connectivity index (χ0v) is 16.0. The Labute approximate surface area is 170 Å². The summed E-state index contributed by atoms with van der Waals surface area (Å²) in [6, 6.07) is 18.6. The highest BCUT2D eigenvalue weighted by Gasteiger charge is 2.15. The van der Waals surface area contributed by atoms with Crippen LogP contribution in [0.5, 0.6) is 11.5 Å². The van der Waals surface area contributed by atoms with Gasteiger partial charge >= 0.3 is 0 Å². The summed E-state index contributed by atoms with van der Waals surface area (Å²) < 4.78 is 11.2. The van der Waals surface area contributed by atoms with Crippen LogP contribution in [0.1, 0.15) is 5.56 Å². The molecule has 8 nitrogen and oxygen atoms in total. The molecular weight excluding hydrogens is 386 g/mol. The number of rotatable bonds is 6. The summed E-state index contributed by atoms with van der Waals surface area (Å²) in [5, 5.41) is 11.7. The van der Waals surface area contributed by atoms with Gasteiger partial charge in [-0.25, -0.2) is 4.98 Å². The number of para-hydroxylation sites is 2. The number of methoxy groups -OCH3 is 1. The number of aromatic nitrogens is 2. The van der Waals surface area contributed by atoms with Gasteiger partial charge in [0.1, 0.15) is 12.4 Å². The van der Waals surface area contributed by atoms with E-state index in [2.05, 4.69) is 9.97 Å². The molecule has 0 aliphatic carbocycles. The number of nitrogens with one attached hydrogen (secondary N) is 1. The van der Waals surface area contributed by atoms with E-state index in [9.17, 15) is 14.9 Å². The van der Waals surface area contributed by atoms with Crippen LogP contribution >= 0.6 is 0 Å². The van der Waals surface area contributed by atoms with Crippen LogP contribution in [0.4, 0.5) is 5.69 Å². The van der Waals surface area contributed by atoms with Crippen LogP contribution in [0.2, 0.25) is 0 Å². The van der Waals surface area contributed by atoms with Gasteiger partial charge in [-0.05, 0) is 36.4 Å². The number of fused-ring (bicyclic) bond motifs is 1. The molecule has 8 heteroatoms. The molecule has 4 aromatic rings. The van der Waals surface area contributed by atoms with Crippen LogP contribution < -0.4 is 15.0 Å². The molecule has 0 aliphatic heterocycles. The SMILES string of the molecule is COc1ccc(-c2nc3ccccc3c(=O)[nH]2)cc1OCc1ccccc1[N+](=O)[O-]. The molecule has 0 saturated carbocycles. The maximum atomic E-state index is 12.4. The van der Waals surface area contributed by atoms with Crippen LogP contribution in [-0.4, -0.2) is 22.0 Å². The summed E-state index contributed by atoms with van der Waals surface area (Å²) in [6.45, 7) is -0.0152. The van der Waals surface area contributed by atoms with E-state index in [0.717, 1.165) is 0 Å². The number of H-pyrrole nitrogens is 1. The maximum Gasteiger partial charge on any atom is 0.276 e. The third kappa shape index (κ3) is 3.70. The molecule has 1 heterocycles. The van der Waals surface area contributed by atoms with E-state index in [1.165, 1.54) is 13.2 Å². The van der Waals surface area contributed by atoms with Crippen molar-refractivity contribution < 1.29 is 14.4 Å². The first-order valence-corrected chi connectivity index (χ1v) is 9.09. The monoisotopic (exact) mass is 403 g/mol. The Morgan fingerprint density at radius 3 is 2.60 bits per heavy atom. The normalized spacial score (nSPS) is 10.7. The summed E-state index contributed by atoms with van der Waals surface area (Å²) in [7, 11) is 1.50. The molecule has 0 saturated heterocycles. The highest BCUT2D eigenvalue weighted by Crippen LogP contribution is 2.32. The van der Waals surface area contributed by atoms with E-state index in [1.54, 1.807) is 54.6 Å². The second-order valence-corrected chi connectivity index (χ2v) is 6.47. The third-order valence-corrected chi connectivity index (χ3v) is 4.62. The first-order valence-electron chi connectivity index (χ1n) is 9.09. The van der Waals surface area contributed by atoms with Gasteiger partial charge in [0, 0.05) is 11.6 Å². The molecule has 30 heavy (non-hydrogen) atoms. The van der Waals surface area contributed by atoms with Crippen LogP contribution in [0.25, 0.3) is 22.3 Å². The number of ether oxygens (including phenoxy) is 2. The predicted octanol–water partition coefficient (Wildman–Crippen LogP) is 4.09. The average molecular weight is 403 g/mol. The third-order valence-electron chi connectivity index (χ3n) is 4.62. The number of nitro benzene ring substituents is 1. The van der Waals surface area contributed by atoms with Gasteiger partial charge in [0.2, 0.25) is 0 Å². The lowest BCUT2D eigenvalue weighted by Gasteiger charge is -2.12. The highest BCUT2D eigenvalue weighted by molar-refractivity contribution is 5.79. The zero-order chi connectivity index (χ0) is 21.1. The zero-order valence-electron chi connectivity index (χ0n) is 16.0. The van der Waals surface area contributed by atoms with Gasteiger partial charge < -0.3 is 14.5 Å². The molecule has 0 amide bonds. The topological polar surface area (TPSA) is 107 Å². The van der Waals surface area contributed by atoms with Gasteiger partial charge in [-0.1, -0.05) is 24.3 Å². The predicted molar refractivity (Wildman–Crippen MR) is 112 cm³/mol. The Bertz CT molecular complexity index is 1300. The molecule has 0 unspecified atom stereocenters. The first-order chi connectivity index (χ1) is 14.6. The minimum Gasteiger partial charge on any atom is -0.493 e. The van der Waals surface area contributed by atoms with Gasteiger partial charge in [0.15, 0.2) is 11.5 Å². The Hall–Kier alpha value is -4.20. The molecule has 1 aromatic heterocycles. The first kappa shape index (κ1) is 19.1. The number of nitro groups is 1. The van der Waals surface area contributed by atoms with Crippen molar-refractivity contribution in [2.45, 2.75) is 6.61 Å². The molecule has 0 aliphatic rings. The number of hydrogen-bond acceptors (Lipinski definition) is 6. The van der Waals surface area contributed by atoms with Crippen molar-refractivity contribution in [2.75, 3.05) is 7.11 Å². The summed E-state index contributed by atoms with van der Waals surface area (Å²) >= 11 is 0. The highest BCUT2D eigenvalue weighted by atomic mass is 16.6. The lowest BCUT2D eigenvalue weighted by atomic mass is 10.1. The largest absolute Gasteiger partial charge is 0.493 e. The van der Waals surface area contributed by atoms with Crippen molar-refractivity contribution in [3.05, 3.63) is 92.8 Å². The summed E-state index contributed by atoms with van der Waals surface area (Å²) in [6.07, 6.45) is 0. The molecule has 0 bridgehead atoms. The van der Waals surface area contributed by atoms with E-state index in [4.69, 9.17) is 9.47 Å². The van der Waals surface area contributed by atoms with E-state index >= 15 is 0 Å². The van der Waals surface area contributed by atoms with Gasteiger partial charge in [-0.15, -0.1) is 0 Å². The van der Waals surface area contributed by atoms with Crippen molar-refractivity contribution in [2.24, 2.45) is 0 Å². The maximum absolute atomic E-state index is 12.4. The quantitative estimate of drug-likeness (QED) is 0.384. The van der Waals surface area contributed by atoms with Gasteiger partial charge in [-0.2, -0.15) is 0 Å². The van der Waals surface area contributed by atoms with Crippen LogP contribution in [-0.2, 0) is 6.61 Å². The lowest BCUT2D eigenvalue weighted by Crippen LogP contribution is -2.09. The van der Waals surface area contributed by atoms with Crippen molar-refractivity contribution >= 4 is 16.6 Å². The van der Waals surface area contributed by atoms with Crippen molar-refractivity contribution in [1.29, 1.82) is 0 Å². The lowest BCUT2D eigenvalue weighted by molar-refractivity contribution is -0.385. The second kappa shape index (κ2) is 8.04. The Morgan fingerprint density at radius 1 is 1.03 bits per heavy atom. The van der Waals surface area contributed by atoms with Crippen molar-refractivity contribution in [3.8, 4) is 22.9 Å². The molecule has 1 N–H and O–H groups in total. The van der Waals surface area contributed by atoms with Gasteiger partial charge in [0.25, 0.3) is 11.2 Å². The smallest absolute Gasteiger partial charge is 0.276 e.